The Kier molecular flexibility index (Phi) is 10.0. The highest BCUT2D eigenvalue weighted by atomic mass is 79.9. The normalized spacial score (nSPS) is 11.8. The molecule has 0 heterocycles. The van der Waals surface area contributed by atoms with Gasteiger partial charge in [0.05, 0.1) is 4.47 Å². The second kappa shape index (κ2) is 13.6. The molecule has 0 aliphatic carbocycles. The van der Waals surface area contributed by atoms with Crippen LogP contribution >= 0.6 is 27.5 Å². The molecule has 0 saturated carbocycles. The van der Waals surface area contributed by atoms with Crippen LogP contribution in [0.4, 0.5) is 0 Å². The molecular weight excluding hydrogens is 576 g/mol. The van der Waals surface area contributed by atoms with Gasteiger partial charge >= 0.3 is 0 Å². The van der Waals surface area contributed by atoms with Gasteiger partial charge in [-0.2, -0.15) is 0 Å². The number of rotatable bonds is 11. The third-order valence-electron chi connectivity index (χ3n) is 6.38. The van der Waals surface area contributed by atoms with Crippen molar-refractivity contribution >= 4 is 50.1 Å². The largest absolute Gasteiger partial charge is 0.483 e. The van der Waals surface area contributed by atoms with Crippen molar-refractivity contribution in [3.05, 3.63) is 112 Å². The number of carbonyl (C=O) groups is 2. The molecule has 1 N–H and O–H groups in total. The van der Waals surface area contributed by atoms with Crippen LogP contribution in [0.25, 0.3) is 10.8 Å². The molecule has 4 rings (SSSR count). The fraction of sp³-hybridized carbons (Fsp3) is 0.250. The molecule has 5 nitrogen and oxygen atoms in total. The first-order valence-corrected chi connectivity index (χ1v) is 14.1. The molecule has 0 spiro atoms. The van der Waals surface area contributed by atoms with Gasteiger partial charge in [0.15, 0.2) is 6.61 Å². The highest BCUT2D eigenvalue weighted by Gasteiger charge is 2.31. The van der Waals surface area contributed by atoms with Gasteiger partial charge in [0, 0.05) is 24.5 Å². The Morgan fingerprint density at radius 3 is 2.38 bits per heavy atom. The van der Waals surface area contributed by atoms with Crippen molar-refractivity contribution in [1.29, 1.82) is 0 Å². The lowest BCUT2D eigenvalue weighted by atomic mass is 10.0. The Bertz CT molecular complexity index is 1430. The van der Waals surface area contributed by atoms with E-state index < -0.39 is 6.04 Å². The quantitative estimate of drug-likeness (QED) is 0.199. The third-order valence-corrected chi connectivity index (χ3v) is 7.43. The molecule has 4 aromatic carbocycles. The van der Waals surface area contributed by atoms with Gasteiger partial charge < -0.3 is 15.0 Å². The summed E-state index contributed by atoms with van der Waals surface area (Å²) in [6.45, 7) is 4.59. The van der Waals surface area contributed by atoms with Crippen LogP contribution in [0, 0.1) is 5.92 Å². The van der Waals surface area contributed by atoms with Crippen molar-refractivity contribution in [2.24, 2.45) is 5.92 Å². The Labute approximate surface area is 243 Å². The molecule has 0 aromatic heterocycles. The first kappa shape index (κ1) is 28.7. The molecule has 39 heavy (non-hydrogen) atoms. The van der Waals surface area contributed by atoms with E-state index in [2.05, 4.69) is 21.2 Å². The van der Waals surface area contributed by atoms with E-state index in [9.17, 15) is 9.59 Å². The van der Waals surface area contributed by atoms with E-state index in [1.165, 1.54) is 0 Å². The monoisotopic (exact) mass is 606 g/mol. The van der Waals surface area contributed by atoms with Gasteiger partial charge in [-0.05, 0) is 61.9 Å². The summed E-state index contributed by atoms with van der Waals surface area (Å²) in [6, 6.07) is 28.1. The van der Waals surface area contributed by atoms with Gasteiger partial charge in [0.1, 0.15) is 11.8 Å². The van der Waals surface area contributed by atoms with Gasteiger partial charge in [-0.1, -0.05) is 98.2 Å². The lowest BCUT2D eigenvalue weighted by Crippen LogP contribution is -2.52. The van der Waals surface area contributed by atoms with Crippen molar-refractivity contribution in [2.45, 2.75) is 32.9 Å². The number of hydrogen-bond acceptors (Lipinski definition) is 3. The number of benzene rings is 4. The van der Waals surface area contributed by atoms with Gasteiger partial charge in [-0.15, -0.1) is 0 Å². The third kappa shape index (κ3) is 7.84. The van der Waals surface area contributed by atoms with Gasteiger partial charge in [-0.3, -0.25) is 9.59 Å². The smallest absolute Gasteiger partial charge is 0.261 e. The van der Waals surface area contributed by atoms with Crippen LogP contribution in [0.2, 0.25) is 5.02 Å². The lowest BCUT2D eigenvalue weighted by molar-refractivity contribution is -0.142. The summed E-state index contributed by atoms with van der Waals surface area (Å²) in [4.78, 5) is 29.0. The van der Waals surface area contributed by atoms with E-state index in [1.54, 1.807) is 11.0 Å². The molecule has 0 aliphatic rings. The SMILES string of the molecule is CC(C)CNC(=O)[C@H](Cc1ccccc1)N(Cc1cccc(Cl)c1)C(=O)COc1ccc2ccccc2c1Br. The summed E-state index contributed by atoms with van der Waals surface area (Å²) in [5.74, 6) is 0.344. The Balaban J connectivity index is 1.63. The van der Waals surface area contributed by atoms with Crippen molar-refractivity contribution in [1.82, 2.24) is 10.2 Å². The number of nitrogens with one attached hydrogen (secondary N) is 1. The van der Waals surface area contributed by atoms with E-state index in [1.807, 2.05) is 98.8 Å². The molecule has 0 unspecified atom stereocenters. The number of hydrogen-bond donors (Lipinski definition) is 1. The van der Waals surface area contributed by atoms with E-state index in [-0.39, 0.29) is 30.9 Å². The van der Waals surface area contributed by atoms with E-state index in [0.29, 0.717) is 23.7 Å². The minimum Gasteiger partial charge on any atom is -0.483 e. The summed E-state index contributed by atoms with van der Waals surface area (Å²) in [6.07, 6.45) is 0.372. The van der Waals surface area contributed by atoms with Gasteiger partial charge in [0.25, 0.3) is 5.91 Å². The molecule has 7 heteroatoms. The fourth-order valence-electron chi connectivity index (χ4n) is 4.36. The van der Waals surface area contributed by atoms with Crippen molar-refractivity contribution < 1.29 is 14.3 Å². The van der Waals surface area contributed by atoms with Crippen LogP contribution < -0.4 is 10.1 Å². The van der Waals surface area contributed by atoms with Gasteiger partial charge in [0.2, 0.25) is 5.91 Å². The summed E-state index contributed by atoms with van der Waals surface area (Å²) in [5.41, 5.74) is 1.79. The molecule has 0 radical (unpaired) electrons. The average molecular weight is 608 g/mol. The maximum absolute atomic E-state index is 13.8. The van der Waals surface area contributed by atoms with Crippen molar-refractivity contribution in [2.75, 3.05) is 13.2 Å². The number of nitrogens with zero attached hydrogens (tertiary/aromatic N) is 1. The first-order chi connectivity index (χ1) is 18.8. The van der Waals surface area contributed by atoms with E-state index in [4.69, 9.17) is 16.3 Å². The predicted octanol–water partition coefficient (Wildman–Crippen LogP) is 7.05. The molecule has 0 bridgehead atoms. The molecule has 2 amide bonds. The highest BCUT2D eigenvalue weighted by molar-refractivity contribution is 9.10. The van der Waals surface area contributed by atoms with Crippen LogP contribution in [0.1, 0.15) is 25.0 Å². The highest BCUT2D eigenvalue weighted by Crippen LogP contribution is 2.33. The van der Waals surface area contributed by atoms with E-state index in [0.717, 1.165) is 26.4 Å². The molecule has 202 valence electrons. The minimum atomic E-state index is -0.735. The molecule has 1 atom stereocenters. The summed E-state index contributed by atoms with van der Waals surface area (Å²) in [7, 11) is 0. The molecular formula is C32H32BrClN2O3. The zero-order valence-electron chi connectivity index (χ0n) is 22.1. The number of amides is 2. The van der Waals surface area contributed by atoms with Crippen LogP contribution in [0.15, 0.2) is 95.5 Å². The lowest BCUT2D eigenvalue weighted by Gasteiger charge is -2.32. The standard InChI is InChI=1S/C32H32BrClN2O3/c1-22(2)19-35-32(38)28(18-23-9-4-3-5-10-23)36(20-24-11-8-13-26(34)17-24)30(37)21-39-29-16-15-25-12-6-7-14-27(25)31(29)33/h3-17,22,28H,18-21H2,1-2H3,(H,35,38)/t28-/m0/s1. The van der Waals surface area contributed by atoms with Crippen LogP contribution in [0.5, 0.6) is 5.75 Å². The van der Waals surface area contributed by atoms with Crippen LogP contribution in [-0.2, 0) is 22.6 Å². The van der Waals surface area contributed by atoms with Crippen molar-refractivity contribution in [3.63, 3.8) is 0 Å². The number of halogens is 2. The number of carbonyl (C=O) groups excluding carboxylic acids is 2. The average Bonchev–Trinajstić information content (AvgIpc) is 2.94. The van der Waals surface area contributed by atoms with Crippen LogP contribution in [0.3, 0.4) is 0 Å². The predicted molar refractivity (Wildman–Crippen MR) is 161 cm³/mol. The second-order valence-electron chi connectivity index (χ2n) is 9.88. The molecule has 0 saturated heterocycles. The topological polar surface area (TPSA) is 58.6 Å². The van der Waals surface area contributed by atoms with Crippen LogP contribution in [-0.4, -0.2) is 35.9 Å². The maximum Gasteiger partial charge on any atom is 0.261 e. The van der Waals surface area contributed by atoms with Gasteiger partial charge in [-0.25, -0.2) is 0 Å². The second-order valence-corrected chi connectivity index (χ2v) is 11.1. The zero-order valence-corrected chi connectivity index (χ0v) is 24.4. The molecule has 4 aromatic rings. The first-order valence-electron chi connectivity index (χ1n) is 13.0. The Hall–Kier alpha value is -3.35. The Morgan fingerprint density at radius 1 is 0.923 bits per heavy atom. The Morgan fingerprint density at radius 2 is 1.64 bits per heavy atom. The summed E-state index contributed by atoms with van der Waals surface area (Å²) < 4.78 is 6.81. The molecule has 0 aliphatic heterocycles. The maximum atomic E-state index is 13.8. The summed E-state index contributed by atoms with van der Waals surface area (Å²) in [5, 5.41) is 5.66. The fourth-order valence-corrected chi connectivity index (χ4v) is 5.18. The number of fused-ring (bicyclic) bond motifs is 1. The van der Waals surface area contributed by atoms with Crippen molar-refractivity contribution in [3.8, 4) is 5.75 Å². The van der Waals surface area contributed by atoms with E-state index >= 15 is 0 Å². The minimum absolute atomic E-state index is 0.199. The number of ether oxygens (including phenoxy) is 1. The molecule has 0 fully saturated rings. The zero-order chi connectivity index (χ0) is 27.8. The summed E-state index contributed by atoms with van der Waals surface area (Å²) >= 11 is 9.89.